The van der Waals surface area contributed by atoms with Crippen molar-refractivity contribution >= 4 is 34.2 Å². The van der Waals surface area contributed by atoms with E-state index < -0.39 is 45.1 Å². The zero-order valence-electron chi connectivity index (χ0n) is 17.6. The normalized spacial score (nSPS) is 20.7. The van der Waals surface area contributed by atoms with Gasteiger partial charge in [-0.2, -0.15) is 0 Å². The number of pyridine rings is 1. The molecule has 2 fully saturated rings. The van der Waals surface area contributed by atoms with Crippen LogP contribution in [0.25, 0.3) is 10.9 Å². The van der Waals surface area contributed by atoms with Crippen LogP contribution in [0.3, 0.4) is 0 Å². The molecule has 1 saturated heterocycles. The highest BCUT2D eigenvalue weighted by Crippen LogP contribution is 2.43. The van der Waals surface area contributed by atoms with Gasteiger partial charge in [-0.1, -0.05) is 6.92 Å². The molecule has 172 valence electrons. The molecule has 1 atom stereocenters. The Labute approximate surface area is 182 Å². The van der Waals surface area contributed by atoms with Gasteiger partial charge in [0.05, 0.1) is 23.1 Å². The summed E-state index contributed by atoms with van der Waals surface area (Å²) >= 11 is 0. The highest BCUT2D eigenvalue weighted by atomic mass is 19.1. The predicted molar refractivity (Wildman–Crippen MR) is 115 cm³/mol. The van der Waals surface area contributed by atoms with Crippen LogP contribution < -0.4 is 27.1 Å². The minimum atomic E-state index is -1.48. The van der Waals surface area contributed by atoms with Gasteiger partial charge in [-0.25, -0.2) is 13.6 Å². The Morgan fingerprint density at radius 2 is 2.00 bits per heavy atom. The molecule has 0 spiro atoms. The Kier molecular flexibility index (Phi) is 5.32. The van der Waals surface area contributed by atoms with Crippen LogP contribution >= 0.6 is 0 Å². The lowest BCUT2D eigenvalue weighted by molar-refractivity contribution is -0.120. The molecule has 2 aromatic rings. The number of benzene rings is 1. The molecule has 1 saturated carbocycles. The number of anilines is 2. The third-order valence-electron chi connectivity index (χ3n) is 6.31. The van der Waals surface area contributed by atoms with Gasteiger partial charge in [0.2, 0.25) is 11.3 Å². The average molecular weight is 449 g/mol. The Morgan fingerprint density at radius 1 is 1.31 bits per heavy atom. The molecule has 1 aromatic carbocycles. The van der Waals surface area contributed by atoms with Crippen molar-refractivity contribution in [1.29, 1.82) is 0 Å². The maximum Gasteiger partial charge on any atom is 0.341 e. The number of fused-ring (bicyclic) bond motifs is 1. The van der Waals surface area contributed by atoms with Crippen molar-refractivity contribution in [3.05, 3.63) is 33.6 Å². The Bertz CT molecular complexity index is 1190. The number of nitrogens with one attached hydrogen (secondary N) is 1. The van der Waals surface area contributed by atoms with Crippen molar-refractivity contribution in [3.63, 3.8) is 0 Å². The van der Waals surface area contributed by atoms with Crippen molar-refractivity contribution in [2.24, 2.45) is 11.1 Å². The summed E-state index contributed by atoms with van der Waals surface area (Å²) in [6.07, 6.45) is 3.05. The molecule has 32 heavy (non-hydrogen) atoms. The van der Waals surface area contributed by atoms with Crippen molar-refractivity contribution in [1.82, 2.24) is 9.88 Å². The second-order valence-electron chi connectivity index (χ2n) is 8.89. The van der Waals surface area contributed by atoms with E-state index in [1.54, 1.807) is 0 Å². The molecule has 1 aromatic heterocycles. The van der Waals surface area contributed by atoms with Crippen LogP contribution in [0, 0.1) is 17.0 Å². The first-order valence-corrected chi connectivity index (χ1v) is 10.4. The number of hydrogen-bond donors (Lipinski definition) is 4. The van der Waals surface area contributed by atoms with Crippen molar-refractivity contribution in [3.8, 4) is 0 Å². The number of nitrogen functional groups attached to an aromatic ring is 1. The Balaban J connectivity index is 1.83. The molecule has 6 N–H and O–H groups in total. The number of nitrogens with zero attached hydrogens (tertiary/aromatic N) is 2. The SMILES string of the molecule is CC1(CNC(=O)CN)CCN(c2c(F)c(N)c3c(=O)c(C(=O)O)cn(C4CC4)c3c2F)C1. The highest BCUT2D eigenvalue weighted by Gasteiger charge is 2.39. The minimum Gasteiger partial charge on any atom is -0.477 e. The number of carboxylic acids is 1. The van der Waals surface area contributed by atoms with Crippen LogP contribution in [0.5, 0.6) is 0 Å². The number of nitrogens with two attached hydrogens (primary N) is 2. The highest BCUT2D eigenvalue weighted by molar-refractivity contribution is 5.99. The number of amides is 1. The van der Waals surface area contributed by atoms with Gasteiger partial charge in [-0.3, -0.25) is 9.59 Å². The van der Waals surface area contributed by atoms with Crippen LogP contribution in [-0.2, 0) is 4.79 Å². The molecule has 0 bridgehead atoms. The van der Waals surface area contributed by atoms with Crippen LogP contribution in [0.4, 0.5) is 20.2 Å². The summed E-state index contributed by atoms with van der Waals surface area (Å²) in [5, 5.41) is 11.6. The van der Waals surface area contributed by atoms with E-state index >= 15 is 8.78 Å². The second kappa shape index (κ2) is 7.73. The van der Waals surface area contributed by atoms with Gasteiger partial charge in [0.15, 0.2) is 11.6 Å². The summed E-state index contributed by atoms with van der Waals surface area (Å²) in [7, 11) is 0. The summed E-state index contributed by atoms with van der Waals surface area (Å²) in [5.74, 6) is -3.83. The van der Waals surface area contributed by atoms with E-state index in [0.29, 0.717) is 32.4 Å². The number of halogens is 2. The van der Waals surface area contributed by atoms with Gasteiger partial charge in [0.25, 0.3) is 0 Å². The topological polar surface area (TPSA) is 144 Å². The van der Waals surface area contributed by atoms with Crippen LogP contribution in [0.1, 0.15) is 42.6 Å². The quantitative estimate of drug-likeness (QED) is 0.485. The molecule has 11 heteroatoms. The first-order chi connectivity index (χ1) is 15.1. The van der Waals surface area contributed by atoms with Gasteiger partial charge in [0, 0.05) is 37.3 Å². The van der Waals surface area contributed by atoms with E-state index in [4.69, 9.17) is 11.5 Å². The Hall–Kier alpha value is -3.21. The lowest BCUT2D eigenvalue weighted by atomic mass is 9.90. The summed E-state index contributed by atoms with van der Waals surface area (Å²) in [4.78, 5) is 37.3. The smallest absolute Gasteiger partial charge is 0.341 e. The summed E-state index contributed by atoms with van der Waals surface area (Å²) in [6, 6.07) is -0.182. The summed E-state index contributed by atoms with van der Waals surface area (Å²) in [5.41, 5.74) is 8.14. The monoisotopic (exact) mass is 449 g/mol. The second-order valence-corrected chi connectivity index (χ2v) is 8.89. The van der Waals surface area contributed by atoms with E-state index in [1.165, 1.54) is 9.47 Å². The molecule has 1 amide bonds. The largest absolute Gasteiger partial charge is 0.477 e. The molecular formula is C21H25F2N5O4. The van der Waals surface area contributed by atoms with Crippen LogP contribution in [0.15, 0.2) is 11.0 Å². The maximum atomic E-state index is 15.8. The van der Waals surface area contributed by atoms with Gasteiger partial charge in [-0.15, -0.1) is 0 Å². The number of hydrogen-bond acceptors (Lipinski definition) is 6. The van der Waals surface area contributed by atoms with Gasteiger partial charge in [-0.05, 0) is 19.3 Å². The number of carbonyl (C=O) groups is 2. The Morgan fingerprint density at radius 3 is 2.59 bits per heavy atom. The summed E-state index contributed by atoms with van der Waals surface area (Å²) in [6.45, 7) is 2.59. The summed E-state index contributed by atoms with van der Waals surface area (Å²) < 4.78 is 32.5. The third kappa shape index (κ3) is 3.56. The number of rotatable bonds is 6. The van der Waals surface area contributed by atoms with Crippen molar-refractivity contribution < 1.29 is 23.5 Å². The molecule has 1 aliphatic heterocycles. The van der Waals surface area contributed by atoms with E-state index in [1.807, 2.05) is 6.92 Å². The van der Waals surface area contributed by atoms with E-state index in [-0.39, 0.29) is 36.2 Å². The fraction of sp³-hybridized carbons (Fsp3) is 0.476. The van der Waals surface area contributed by atoms with Gasteiger partial charge in [0.1, 0.15) is 11.3 Å². The fourth-order valence-corrected chi connectivity index (χ4v) is 4.37. The average Bonchev–Trinajstić information content (AvgIpc) is 3.52. The first kappa shape index (κ1) is 22.0. The molecule has 1 unspecified atom stereocenters. The number of aromatic carboxylic acids is 1. The maximum absolute atomic E-state index is 15.8. The lowest BCUT2D eigenvalue weighted by Crippen LogP contribution is -2.40. The van der Waals surface area contributed by atoms with Crippen molar-refractivity contribution in [2.75, 3.05) is 36.8 Å². The van der Waals surface area contributed by atoms with Crippen LogP contribution in [-0.4, -0.2) is 47.7 Å². The zero-order chi connectivity index (χ0) is 23.4. The fourth-order valence-electron chi connectivity index (χ4n) is 4.37. The molecule has 0 radical (unpaired) electrons. The predicted octanol–water partition coefficient (Wildman–Crippen LogP) is 1.19. The number of carboxylic acid groups (broad SMARTS) is 1. The van der Waals surface area contributed by atoms with E-state index in [9.17, 15) is 19.5 Å². The number of aromatic nitrogens is 1. The number of carbonyl (C=O) groups excluding carboxylic acids is 1. The van der Waals surface area contributed by atoms with Gasteiger partial charge < -0.3 is 31.4 Å². The third-order valence-corrected chi connectivity index (χ3v) is 6.31. The van der Waals surface area contributed by atoms with E-state index in [2.05, 4.69) is 5.32 Å². The first-order valence-electron chi connectivity index (χ1n) is 10.4. The van der Waals surface area contributed by atoms with Gasteiger partial charge >= 0.3 is 5.97 Å². The zero-order valence-corrected chi connectivity index (χ0v) is 17.6. The molecule has 2 heterocycles. The molecule has 1 aliphatic carbocycles. The lowest BCUT2D eigenvalue weighted by Gasteiger charge is -2.27. The molecule has 9 nitrogen and oxygen atoms in total. The van der Waals surface area contributed by atoms with E-state index in [0.717, 1.165) is 6.20 Å². The van der Waals surface area contributed by atoms with Crippen LogP contribution in [0.2, 0.25) is 0 Å². The minimum absolute atomic E-state index is 0.152. The molecular weight excluding hydrogens is 424 g/mol. The van der Waals surface area contributed by atoms with Crippen molar-refractivity contribution in [2.45, 2.75) is 32.2 Å². The molecule has 2 aliphatic rings. The molecule has 4 rings (SSSR count). The standard InChI is InChI=1S/C21H25F2N5O4/c1-21(8-26-12(29)6-24)4-5-27(9-21)18-14(22)16(25)13-17(15(18)23)28(10-2-3-10)7-11(19(13)30)20(31)32/h7,10H,2-6,8-9,24-25H2,1H3,(H,26,29)(H,31,32).